The molecule has 0 aliphatic heterocycles. The summed E-state index contributed by atoms with van der Waals surface area (Å²) < 4.78 is 32.5. The molecule has 0 heterocycles. The second kappa shape index (κ2) is 8.61. The van der Waals surface area contributed by atoms with E-state index in [1.54, 1.807) is 48.5 Å². The van der Waals surface area contributed by atoms with Gasteiger partial charge in [0.15, 0.2) is 11.9 Å². The average molecular weight is 385 g/mol. The summed E-state index contributed by atoms with van der Waals surface area (Å²) in [5, 5.41) is 0.498. The van der Waals surface area contributed by atoms with Crippen molar-refractivity contribution in [3.8, 4) is 5.75 Å². The quantitative estimate of drug-likeness (QED) is 0.485. The van der Waals surface area contributed by atoms with E-state index >= 15 is 0 Å². The molecule has 1 unspecified atom stereocenters. The zero-order chi connectivity index (χ0) is 18.4. The Kier molecular flexibility index (Phi) is 6.76. The summed E-state index contributed by atoms with van der Waals surface area (Å²) in [7, 11) is 0.0154. The number of phosphoric ester groups is 1. The maximum atomic E-state index is 12.9. The first-order chi connectivity index (χ1) is 11.9. The van der Waals surface area contributed by atoms with Crippen LogP contribution in [0.1, 0.15) is 22.0 Å². The van der Waals surface area contributed by atoms with Gasteiger partial charge in [0.05, 0.1) is 7.11 Å². The van der Waals surface area contributed by atoms with Gasteiger partial charge < -0.3 is 4.74 Å². The van der Waals surface area contributed by atoms with Gasteiger partial charge in [0.2, 0.25) is 0 Å². The van der Waals surface area contributed by atoms with Crippen LogP contribution in [0.25, 0.3) is 0 Å². The molecule has 0 aliphatic rings. The summed E-state index contributed by atoms with van der Waals surface area (Å²) >= 11 is 5.86. The molecule has 0 aliphatic carbocycles. The minimum atomic E-state index is -3.88. The third-order valence-corrected chi connectivity index (χ3v) is 5.08. The number of phosphoric acid groups is 1. The van der Waals surface area contributed by atoms with Crippen molar-refractivity contribution in [2.75, 3.05) is 21.3 Å². The maximum Gasteiger partial charge on any atom is 0.475 e. The summed E-state index contributed by atoms with van der Waals surface area (Å²) in [6, 6.07) is 12.9. The normalized spacial score (nSPS) is 12.6. The minimum Gasteiger partial charge on any atom is -0.497 e. The van der Waals surface area contributed by atoms with Gasteiger partial charge in [-0.1, -0.05) is 23.7 Å². The number of hydrogen-bond acceptors (Lipinski definition) is 6. The van der Waals surface area contributed by atoms with Crippen molar-refractivity contribution in [1.82, 2.24) is 0 Å². The average Bonchev–Trinajstić information content (AvgIpc) is 2.66. The number of methoxy groups -OCH3 is 1. The number of halogens is 1. The van der Waals surface area contributed by atoms with Crippen LogP contribution in [0.3, 0.4) is 0 Å². The van der Waals surface area contributed by atoms with E-state index in [1.165, 1.54) is 21.3 Å². The summed E-state index contributed by atoms with van der Waals surface area (Å²) in [4.78, 5) is 12.9. The summed E-state index contributed by atoms with van der Waals surface area (Å²) in [6.45, 7) is 0. The van der Waals surface area contributed by atoms with Crippen LogP contribution in [-0.2, 0) is 18.1 Å². The largest absolute Gasteiger partial charge is 0.497 e. The maximum absolute atomic E-state index is 12.9. The molecule has 134 valence electrons. The highest BCUT2D eigenvalue weighted by Crippen LogP contribution is 2.52. The first-order valence-corrected chi connectivity index (χ1v) is 9.10. The molecule has 2 aromatic carbocycles. The van der Waals surface area contributed by atoms with Gasteiger partial charge in [-0.2, -0.15) is 0 Å². The Morgan fingerprint density at radius 1 is 0.960 bits per heavy atom. The third-order valence-electron chi connectivity index (χ3n) is 3.47. The number of Topliss-reactive ketones (excluding diaryl/α,β-unsaturated/α-hetero) is 1. The molecule has 25 heavy (non-hydrogen) atoms. The van der Waals surface area contributed by atoms with Gasteiger partial charge in [-0.05, 0) is 42.0 Å². The van der Waals surface area contributed by atoms with Crippen LogP contribution in [0.15, 0.2) is 48.5 Å². The molecule has 0 spiro atoms. The molecule has 8 heteroatoms. The minimum absolute atomic E-state index is 0.351. The van der Waals surface area contributed by atoms with Crippen molar-refractivity contribution in [3.63, 3.8) is 0 Å². The summed E-state index contributed by atoms with van der Waals surface area (Å²) in [5.41, 5.74) is 0.832. The first kappa shape index (κ1) is 19.6. The number of ketones is 1. The number of benzene rings is 2. The number of carbonyl (C=O) groups excluding carboxylic acids is 1. The van der Waals surface area contributed by atoms with E-state index in [2.05, 4.69) is 0 Å². The Bertz CT molecular complexity index is 752. The first-order valence-electron chi connectivity index (χ1n) is 7.26. The van der Waals surface area contributed by atoms with Crippen molar-refractivity contribution in [2.24, 2.45) is 0 Å². The van der Waals surface area contributed by atoms with Gasteiger partial charge in [-0.15, -0.1) is 0 Å². The topological polar surface area (TPSA) is 71.1 Å². The van der Waals surface area contributed by atoms with E-state index in [-0.39, 0.29) is 0 Å². The highest BCUT2D eigenvalue weighted by atomic mass is 35.5. The Labute approximate surface area is 151 Å². The molecular weight excluding hydrogens is 367 g/mol. The summed E-state index contributed by atoms with van der Waals surface area (Å²) in [6.07, 6.45) is -1.18. The molecule has 0 saturated carbocycles. The fourth-order valence-corrected chi connectivity index (χ4v) is 3.02. The predicted molar refractivity (Wildman–Crippen MR) is 94.2 cm³/mol. The predicted octanol–water partition coefficient (Wildman–Crippen LogP) is 4.69. The molecule has 0 bridgehead atoms. The molecule has 0 amide bonds. The lowest BCUT2D eigenvalue weighted by Gasteiger charge is -2.21. The van der Waals surface area contributed by atoms with Crippen molar-refractivity contribution in [2.45, 2.75) is 6.10 Å². The van der Waals surface area contributed by atoms with Crippen LogP contribution in [0.5, 0.6) is 5.75 Å². The number of hydrogen-bond donors (Lipinski definition) is 0. The lowest BCUT2D eigenvalue weighted by molar-refractivity contribution is 0.0657. The third kappa shape index (κ3) is 4.91. The Morgan fingerprint density at radius 3 is 2.00 bits per heavy atom. The summed E-state index contributed by atoms with van der Waals surface area (Å²) in [5.74, 6) is 0.208. The molecule has 0 fully saturated rings. The smallest absolute Gasteiger partial charge is 0.475 e. The molecule has 0 saturated heterocycles. The number of ether oxygens (including phenoxy) is 1. The zero-order valence-electron chi connectivity index (χ0n) is 14.0. The lowest BCUT2D eigenvalue weighted by Crippen LogP contribution is -2.16. The van der Waals surface area contributed by atoms with Crippen molar-refractivity contribution >= 4 is 25.2 Å². The van der Waals surface area contributed by atoms with Crippen molar-refractivity contribution < 1.29 is 27.7 Å². The highest BCUT2D eigenvalue weighted by molar-refractivity contribution is 7.48. The van der Waals surface area contributed by atoms with E-state index in [9.17, 15) is 9.36 Å². The van der Waals surface area contributed by atoms with Gasteiger partial charge >= 0.3 is 7.82 Å². The number of rotatable bonds is 8. The van der Waals surface area contributed by atoms with Crippen molar-refractivity contribution in [1.29, 1.82) is 0 Å². The fourth-order valence-electron chi connectivity index (χ4n) is 2.09. The molecule has 1 atom stereocenters. The van der Waals surface area contributed by atoms with E-state index in [1.807, 2.05) is 0 Å². The monoisotopic (exact) mass is 384 g/mol. The van der Waals surface area contributed by atoms with E-state index in [4.69, 9.17) is 29.9 Å². The Hall–Kier alpha value is -1.69. The van der Waals surface area contributed by atoms with Gasteiger partial charge in [0, 0.05) is 24.8 Å². The fraction of sp³-hybridized carbons (Fsp3) is 0.235. The van der Waals surface area contributed by atoms with E-state index in [0.29, 0.717) is 21.9 Å². The highest BCUT2D eigenvalue weighted by Gasteiger charge is 2.34. The van der Waals surface area contributed by atoms with Crippen LogP contribution < -0.4 is 4.74 Å². The SMILES string of the molecule is COc1ccc(C(OP(=O)(OC)OC)C(=O)c2ccc(Cl)cc2)cc1. The molecule has 6 nitrogen and oxygen atoms in total. The van der Waals surface area contributed by atoms with Crippen LogP contribution in [0, 0.1) is 0 Å². The zero-order valence-corrected chi connectivity index (χ0v) is 15.6. The van der Waals surface area contributed by atoms with Crippen LogP contribution in [0.2, 0.25) is 5.02 Å². The van der Waals surface area contributed by atoms with Crippen LogP contribution >= 0.6 is 19.4 Å². The molecule has 0 radical (unpaired) electrons. The second-order valence-electron chi connectivity index (χ2n) is 4.94. The van der Waals surface area contributed by atoms with E-state index in [0.717, 1.165) is 0 Å². The Morgan fingerprint density at radius 2 is 1.52 bits per heavy atom. The molecular formula is C17H18ClO6P. The van der Waals surface area contributed by atoms with Crippen molar-refractivity contribution in [3.05, 3.63) is 64.7 Å². The van der Waals surface area contributed by atoms with Gasteiger partial charge in [0.1, 0.15) is 5.75 Å². The van der Waals surface area contributed by atoms with E-state index < -0.39 is 19.7 Å². The Balaban J connectivity index is 2.41. The second-order valence-corrected chi connectivity index (χ2v) is 7.21. The van der Waals surface area contributed by atoms with Gasteiger partial charge in [0.25, 0.3) is 0 Å². The van der Waals surface area contributed by atoms with Crippen LogP contribution in [-0.4, -0.2) is 27.1 Å². The molecule has 2 aromatic rings. The number of carbonyl (C=O) groups is 1. The standard InChI is InChI=1S/C17H18ClO6P/c1-21-15-10-6-13(7-11-15)17(24-25(20,22-2)23-3)16(19)12-4-8-14(18)9-5-12/h4-11,17H,1-3H3. The molecule has 0 N–H and O–H groups in total. The molecule has 2 rings (SSSR count). The lowest BCUT2D eigenvalue weighted by atomic mass is 10.00. The van der Waals surface area contributed by atoms with Gasteiger partial charge in [-0.25, -0.2) is 4.57 Å². The van der Waals surface area contributed by atoms with Crippen LogP contribution in [0.4, 0.5) is 0 Å². The van der Waals surface area contributed by atoms with Gasteiger partial charge in [-0.3, -0.25) is 18.4 Å². The molecule has 0 aromatic heterocycles.